The molecule has 0 saturated carbocycles. The van der Waals surface area contributed by atoms with Gasteiger partial charge >= 0.3 is 0 Å². The number of benzene rings is 2. The quantitative estimate of drug-likeness (QED) is 0.682. The minimum absolute atomic E-state index is 0.154. The Morgan fingerprint density at radius 2 is 1.92 bits per heavy atom. The van der Waals surface area contributed by atoms with Crippen LogP contribution in [0, 0.1) is 6.92 Å². The van der Waals surface area contributed by atoms with E-state index in [-0.39, 0.29) is 11.7 Å². The Kier molecular flexibility index (Phi) is 5.17. The van der Waals surface area contributed by atoms with Crippen LogP contribution in [-0.4, -0.2) is 21.9 Å². The van der Waals surface area contributed by atoms with Gasteiger partial charge in [0, 0.05) is 5.56 Å². The van der Waals surface area contributed by atoms with Gasteiger partial charge in [-0.3, -0.25) is 4.79 Å². The van der Waals surface area contributed by atoms with Crippen LogP contribution in [0.4, 0.5) is 5.69 Å². The first-order valence-electron chi connectivity index (χ1n) is 7.19. The number of carbonyl (C=O) groups excluding carboxylic acids is 1. The van der Waals surface area contributed by atoms with Crippen molar-refractivity contribution in [2.24, 2.45) is 0 Å². The molecule has 0 bridgehead atoms. The molecule has 0 aliphatic carbocycles. The molecule has 1 heterocycles. The molecule has 7 heteroatoms. The Morgan fingerprint density at radius 3 is 2.67 bits per heavy atom. The van der Waals surface area contributed by atoms with Crippen molar-refractivity contribution < 1.29 is 9.21 Å². The van der Waals surface area contributed by atoms with Crippen molar-refractivity contribution in [3.63, 3.8) is 0 Å². The summed E-state index contributed by atoms with van der Waals surface area (Å²) in [5, 5.41) is 11.5. The first kappa shape index (κ1) is 16.5. The molecule has 0 saturated heterocycles. The highest BCUT2D eigenvalue weighted by atomic mass is 35.5. The van der Waals surface area contributed by atoms with E-state index in [0.717, 1.165) is 11.1 Å². The van der Waals surface area contributed by atoms with Crippen molar-refractivity contribution in [2.45, 2.75) is 12.1 Å². The fourth-order valence-corrected chi connectivity index (χ4v) is 2.70. The maximum atomic E-state index is 12.0. The van der Waals surface area contributed by atoms with Gasteiger partial charge in [0.25, 0.3) is 5.22 Å². The topological polar surface area (TPSA) is 68.0 Å². The van der Waals surface area contributed by atoms with Gasteiger partial charge in [-0.05, 0) is 31.2 Å². The summed E-state index contributed by atoms with van der Waals surface area (Å²) in [5.74, 6) is 0.396. The van der Waals surface area contributed by atoms with E-state index < -0.39 is 0 Å². The molecule has 1 aromatic heterocycles. The van der Waals surface area contributed by atoms with Crippen LogP contribution in [0.25, 0.3) is 11.5 Å². The summed E-state index contributed by atoms with van der Waals surface area (Å²) in [5.41, 5.74) is 2.58. The molecule has 0 spiro atoms. The maximum absolute atomic E-state index is 12.0. The number of nitrogens with zero attached hydrogens (tertiary/aromatic N) is 2. The van der Waals surface area contributed by atoms with Crippen LogP contribution in [0.2, 0.25) is 5.02 Å². The number of nitrogens with one attached hydrogen (secondary N) is 1. The molecule has 3 rings (SSSR count). The molecule has 122 valence electrons. The molecule has 0 fully saturated rings. The normalized spacial score (nSPS) is 10.6. The van der Waals surface area contributed by atoms with E-state index in [1.54, 1.807) is 24.3 Å². The second-order valence-corrected chi connectivity index (χ2v) is 6.39. The number of para-hydroxylation sites is 1. The molecular formula is C17H14ClN3O2S. The Balaban J connectivity index is 1.58. The Hall–Kier alpha value is -2.31. The van der Waals surface area contributed by atoms with Crippen LogP contribution < -0.4 is 5.32 Å². The zero-order valence-electron chi connectivity index (χ0n) is 12.8. The maximum Gasteiger partial charge on any atom is 0.277 e. The van der Waals surface area contributed by atoms with Gasteiger partial charge in [-0.25, -0.2) is 0 Å². The summed E-state index contributed by atoms with van der Waals surface area (Å²) < 4.78 is 5.57. The molecule has 0 unspecified atom stereocenters. The van der Waals surface area contributed by atoms with Crippen molar-refractivity contribution in [1.82, 2.24) is 10.2 Å². The number of amides is 1. The number of aromatic nitrogens is 2. The van der Waals surface area contributed by atoms with Gasteiger partial charge in [-0.15, -0.1) is 10.2 Å². The van der Waals surface area contributed by atoms with Gasteiger partial charge in [0.15, 0.2) is 0 Å². The first-order chi connectivity index (χ1) is 11.6. The number of anilines is 1. The van der Waals surface area contributed by atoms with Gasteiger partial charge < -0.3 is 9.73 Å². The molecule has 2 aromatic carbocycles. The third-order valence-corrected chi connectivity index (χ3v) is 4.33. The van der Waals surface area contributed by atoms with Crippen molar-refractivity contribution in [1.29, 1.82) is 0 Å². The highest BCUT2D eigenvalue weighted by Gasteiger charge is 2.12. The predicted octanol–water partition coefficient (Wildman–Crippen LogP) is 4.43. The van der Waals surface area contributed by atoms with E-state index in [1.807, 2.05) is 31.2 Å². The largest absolute Gasteiger partial charge is 0.411 e. The molecule has 0 atom stereocenters. The number of halogens is 1. The van der Waals surface area contributed by atoms with Crippen LogP contribution in [0.3, 0.4) is 0 Å². The Bertz CT molecular complexity index is 849. The van der Waals surface area contributed by atoms with Crippen molar-refractivity contribution in [3.05, 3.63) is 59.1 Å². The highest BCUT2D eigenvalue weighted by Crippen LogP contribution is 2.24. The van der Waals surface area contributed by atoms with Crippen molar-refractivity contribution in [3.8, 4) is 11.5 Å². The summed E-state index contributed by atoms with van der Waals surface area (Å²) in [6.45, 7) is 2.01. The lowest BCUT2D eigenvalue weighted by Gasteiger charge is -2.05. The average molecular weight is 360 g/mol. The number of hydrogen-bond acceptors (Lipinski definition) is 5. The van der Waals surface area contributed by atoms with Gasteiger partial charge in [0.05, 0.1) is 16.5 Å². The second kappa shape index (κ2) is 7.51. The molecule has 0 aliphatic heterocycles. The van der Waals surface area contributed by atoms with E-state index in [9.17, 15) is 4.79 Å². The molecule has 24 heavy (non-hydrogen) atoms. The predicted molar refractivity (Wildman–Crippen MR) is 95.3 cm³/mol. The summed E-state index contributed by atoms with van der Waals surface area (Å²) in [6.07, 6.45) is 0. The van der Waals surface area contributed by atoms with Gasteiger partial charge in [-0.2, -0.15) is 0 Å². The molecular weight excluding hydrogens is 346 g/mol. The Labute approximate surface area is 148 Å². The molecule has 5 nitrogen and oxygen atoms in total. The third kappa shape index (κ3) is 4.15. The number of aryl methyl sites for hydroxylation is 1. The molecule has 1 amide bonds. The monoisotopic (exact) mass is 359 g/mol. The zero-order chi connectivity index (χ0) is 16.9. The lowest BCUT2D eigenvalue weighted by atomic mass is 10.1. The Morgan fingerprint density at radius 1 is 1.17 bits per heavy atom. The number of hydrogen-bond donors (Lipinski definition) is 1. The lowest BCUT2D eigenvalue weighted by molar-refractivity contribution is -0.113. The first-order valence-corrected chi connectivity index (χ1v) is 8.56. The van der Waals surface area contributed by atoms with E-state index >= 15 is 0 Å². The minimum Gasteiger partial charge on any atom is -0.411 e. The van der Waals surface area contributed by atoms with Crippen molar-refractivity contribution in [2.75, 3.05) is 11.1 Å². The number of carbonyl (C=O) groups is 1. The van der Waals surface area contributed by atoms with E-state index in [1.165, 1.54) is 11.8 Å². The average Bonchev–Trinajstić information content (AvgIpc) is 3.05. The van der Waals surface area contributed by atoms with Crippen molar-refractivity contribution >= 4 is 35.0 Å². The number of thioether (sulfide) groups is 1. The van der Waals surface area contributed by atoms with Crippen LogP contribution in [0.5, 0.6) is 0 Å². The smallest absolute Gasteiger partial charge is 0.277 e. The molecule has 1 N–H and O–H groups in total. The molecule has 3 aromatic rings. The van der Waals surface area contributed by atoms with Crippen LogP contribution in [0.15, 0.2) is 58.2 Å². The van der Waals surface area contributed by atoms with Crippen LogP contribution in [-0.2, 0) is 4.79 Å². The van der Waals surface area contributed by atoms with Crippen LogP contribution >= 0.6 is 23.4 Å². The molecule has 0 radical (unpaired) electrons. The summed E-state index contributed by atoms with van der Waals surface area (Å²) in [7, 11) is 0. The fourth-order valence-electron chi connectivity index (χ4n) is 1.96. The van der Waals surface area contributed by atoms with E-state index in [4.69, 9.17) is 16.0 Å². The minimum atomic E-state index is -0.191. The second-order valence-electron chi connectivity index (χ2n) is 5.06. The summed E-state index contributed by atoms with van der Waals surface area (Å²) >= 11 is 7.18. The van der Waals surface area contributed by atoms with E-state index in [0.29, 0.717) is 21.8 Å². The highest BCUT2D eigenvalue weighted by molar-refractivity contribution is 7.99. The molecule has 0 aliphatic rings. The standard InChI is InChI=1S/C17H14ClN3O2S/c1-11-6-8-12(9-7-11)16-20-21-17(23-16)24-10-15(22)19-14-5-3-2-4-13(14)18/h2-9H,10H2,1H3,(H,19,22). The fraction of sp³-hybridized carbons (Fsp3) is 0.118. The zero-order valence-corrected chi connectivity index (χ0v) is 14.4. The van der Waals surface area contributed by atoms with Gasteiger partial charge in [0.1, 0.15) is 0 Å². The third-order valence-electron chi connectivity index (χ3n) is 3.18. The van der Waals surface area contributed by atoms with Crippen LogP contribution in [0.1, 0.15) is 5.56 Å². The van der Waals surface area contributed by atoms with Gasteiger partial charge in [-0.1, -0.05) is 53.2 Å². The SMILES string of the molecule is Cc1ccc(-c2nnc(SCC(=O)Nc3ccccc3Cl)o2)cc1. The number of rotatable bonds is 5. The summed E-state index contributed by atoms with van der Waals surface area (Å²) in [6, 6.07) is 14.9. The van der Waals surface area contributed by atoms with E-state index in [2.05, 4.69) is 15.5 Å². The van der Waals surface area contributed by atoms with Gasteiger partial charge in [0.2, 0.25) is 11.8 Å². The lowest BCUT2D eigenvalue weighted by Crippen LogP contribution is -2.14. The summed E-state index contributed by atoms with van der Waals surface area (Å²) in [4.78, 5) is 12.0.